The van der Waals surface area contributed by atoms with E-state index in [0.717, 1.165) is 10.8 Å². The molecule has 0 saturated carbocycles. The fraction of sp³-hybridized carbons (Fsp3) is 0.833. The Kier molecular flexibility index (Phi) is 5.79. The Morgan fingerprint density at radius 3 is 2.45 bits per heavy atom. The van der Waals surface area contributed by atoms with Crippen molar-refractivity contribution < 1.29 is 9.90 Å². The Morgan fingerprint density at radius 1 is 1.55 bits per heavy atom. The molecule has 0 heterocycles. The maximum absolute atomic E-state index is 10.3. The molecular formula is C6H13IN2O2. The molecule has 0 aliphatic heterocycles. The zero-order chi connectivity index (χ0) is 8.85. The predicted molar refractivity (Wildman–Crippen MR) is 51.7 cm³/mol. The molecule has 1 unspecified atom stereocenters. The van der Waals surface area contributed by atoms with Gasteiger partial charge in [-0.05, 0) is 12.8 Å². The third kappa shape index (κ3) is 5.40. The summed E-state index contributed by atoms with van der Waals surface area (Å²) < 4.78 is 0.936. The Morgan fingerprint density at radius 2 is 2.09 bits per heavy atom. The number of halogens is 1. The van der Waals surface area contributed by atoms with Gasteiger partial charge >= 0.3 is 5.97 Å². The summed E-state index contributed by atoms with van der Waals surface area (Å²) in [7, 11) is 0. The summed E-state index contributed by atoms with van der Waals surface area (Å²) in [5, 5.41) is 8.42. The van der Waals surface area contributed by atoms with E-state index in [1.165, 1.54) is 0 Å². The van der Waals surface area contributed by atoms with Gasteiger partial charge in [0.05, 0.1) is 0 Å². The summed E-state index contributed by atoms with van der Waals surface area (Å²) in [6.07, 6.45) is 1.18. The molecule has 0 aliphatic carbocycles. The van der Waals surface area contributed by atoms with Crippen molar-refractivity contribution in [3.8, 4) is 0 Å². The fourth-order valence-electron chi connectivity index (χ4n) is 0.685. The topological polar surface area (TPSA) is 89.3 Å². The number of rotatable bonds is 5. The first kappa shape index (κ1) is 11.1. The van der Waals surface area contributed by atoms with E-state index in [1.54, 1.807) is 0 Å². The van der Waals surface area contributed by atoms with Crippen LogP contribution < -0.4 is 11.5 Å². The van der Waals surface area contributed by atoms with Gasteiger partial charge in [-0.15, -0.1) is 0 Å². The van der Waals surface area contributed by atoms with E-state index in [4.69, 9.17) is 16.6 Å². The van der Waals surface area contributed by atoms with Gasteiger partial charge < -0.3 is 16.6 Å². The molecule has 5 N–H and O–H groups in total. The number of carboxylic acid groups (broad SMARTS) is 1. The van der Waals surface area contributed by atoms with Crippen LogP contribution in [0.4, 0.5) is 0 Å². The number of aliphatic carboxylic acids is 1. The summed E-state index contributed by atoms with van der Waals surface area (Å²) in [4.78, 5) is 10.3. The molecule has 4 nitrogen and oxygen atoms in total. The highest BCUT2D eigenvalue weighted by atomic mass is 127. The second-order valence-electron chi connectivity index (χ2n) is 2.42. The van der Waals surface area contributed by atoms with Crippen LogP contribution in [0.1, 0.15) is 12.8 Å². The predicted octanol–water partition coefficient (Wildman–Crippen LogP) is -0.0592. The first-order valence-corrected chi connectivity index (χ1v) is 4.90. The Bertz CT molecular complexity index is 132. The average Bonchev–Trinajstić information content (AvgIpc) is 1.87. The molecule has 0 aromatic carbocycles. The summed E-state index contributed by atoms with van der Waals surface area (Å²) in [5.41, 5.74) is 10.8. The number of hydrogen-bond acceptors (Lipinski definition) is 3. The molecule has 0 amide bonds. The molecule has 66 valence electrons. The van der Waals surface area contributed by atoms with Gasteiger partial charge in [0.1, 0.15) is 6.04 Å². The lowest BCUT2D eigenvalue weighted by Crippen LogP contribution is -2.37. The molecule has 0 aromatic heterocycles. The zero-order valence-corrected chi connectivity index (χ0v) is 8.32. The van der Waals surface area contributed by atoms with Crippen LogP contribution in [-0.4, -0.2) is 27.6 Å². The summed E-state index contributed by atoms with van der Waals surface area (Å²) >= 11 is 2.20. The highest BCUT2D eigenvalue weighted by molar-refractivity contribution is 14.1. The summed E-state index contributed by atoms with van der Waals surface area (Å²) in [6, 6.07) is -0.897. The van der Waals surface area contributed by atoms with Gasteiger partial charge in [0.25, 0.3) is 0 Å². The lowest BCUT2D eigenvalue weighted by atomic mass is 10.1. The van der Waals surface area contributed by atoms with E-state index in [9.17, 15) is 4.79 Å². The molecule has 5 heteroatoms. The van der Waals surface area contributed by atoms with E-state index in [0.29, 0.717) is 6.42 Å². The second kappa shape index (κ2) is 5.73. The highest BCUT2D eigenvalue weighted by Gasteiger charge is 2.14. The Hall–Kier alpha value is 0.120. The SMILES string of the molecule is NC(CCI)C[C@H](N)C(=O)O. The maximum Gasteiger partial charge on any atom is 0.320 e. The molecular weight excluding hydrogens is 259 g/mol. The average molecular weight is 272 g/mol. The number of hydrogen-bond donors (Lipinski definition) is 3. The maximum atomic E-state index is 10.3. The fourth-order valence-corrected chi connectivity index (χ4v) is 1.48. The number of carboxylic acids is 1. The second-order valence-corrected chi connectivity index (χ2v) is 3.50. The molecule has 0 rings (SSSR count). The van der Waals surface area contributed by atoms with Crippen molar-refractivity contribution in [3.63, 3.8) is 0 Å². The first-order valence-electron chi connectivity index (χ1n) is 3.38. The minimum atomic E-state index is -0.978. The molecule has 0 fully saturated rings. The monoisotopic (exact) mass is 272 g/mol. The van der Waals surface area contributed by atoms with Crippen LogP contribution in [0, 0.1) is 0 Å². The molecule has 0 radical (unpaired) electrons. The quantitative estimate of drug-likeness (QED) is 0.483. The minimum absolute atomic E-state index is 0.0852. The van der Waals surface area contributed by atoms with Crippen molar-refractivity contribution in [2.45, 2.75) is 24.9 Å². The number of alkyl halides is 1. The third-order valence-corrected chi connectivity index (χ3v) is 1.98. The molecule has 0 aromatic rings. The summed E-state index contributed by atoms with van der Waals surface area (Å²) in [6.45, 7) is 0. The molecule has 0 spiro atoms. The van der Waals surface area contributed by atoms with Gasteiger partial charge in [0, 0.05) is 10.5 Å². The molecule has 0 bridgehead atoms. The molecule has 0 aliphatic rings. The van der Waals surface area contributed by atoms with E-state index in [2.05, 4.69) is 22.6 Å². The van der Waals surface area contributed by atoms with E-state index < -0.39 is 12.0 Å². The van der Waals surface area contributed by atoms with Crippen LogP contribution in [0.25, 0.3) is 0 Å². The molecule has 0 saturated heterocycles. The summed E-state index contributed by atoms with van der Waals surface area (Å²) in [5.74, 6) is -0.978. The van der Waals surface area contributed by atoms with Crippen molar-refractivity contribution in [1.82, 2.24) is 0 Å². The minimum Gasteiger partial charge on any atom is -0.480 e. The van der Waals surface area contributed by atoms with Gasteiger partial charge in [0.15, 0.2) is 0 Å². The van der Waals surface area contributed by atoms with Crippen molar-refractivity contribution in [2.75, 3.05) is 4.43 Å². The Balaban J connectivity index is 3.56. The normalized spacial score (nSPS) is 15.9. The van der Waals surface area contributed by atoms with Gasteiger partial charge in [-0.3, -0.25) is 4.79 Å². The third-order valence-electron chi connectivity index (χ3n) is 1.35. The lowest BCUT2D eigenvalue weighted by molar-refractivity contribution is -0.138. The Labute approximate surface area is 79.5 Å². The molecule has 11 heavy (non-hydrogen) atoms. The first-order chi connectivity index (χ1) is 5.07. The standard InChI is InChI=1S/C6H13IN2O2/c7-2-1-4(8)3-5(9)6(10)11/h4-5H,1-3,8-9H2,(H,10,11)/t4?,5-/m0/s1. The van der Waals surface area contributed by atoms with Crippen LogP contribution in [0.15, 0.2) is 0 Å². The van der Waals surface area contributed by atoms with Crippen LogP contribution >= 0.6 is 22.6 Å². The van der Waals surface area contributed by atoms with Crippen molar-refractivity contribution >= 4 is 28.6 Å². The number of carbonyl (C=O) groups is 1. The van der Waals surface area contributed by atoms with Crippen molar-refractivity contribution in [1.29, 1.82) is 0 Å². The van der Waals surface area contributed by atoms with Crippen LogP contribution in [0.5, 0.6) is 0 Å². The van der Waals surface area contributed by atoms with Crippen molar-refractivity contribution in [3.05, 3.63) is 0 Å². The van der Waals surface area contributed by atoms with E-state index in [-0.39, 0.29) is 6.04 Å². The van der Waals surface area contributed by atoms with Gasteiger partial charge in [-0.2, -0.15) is 0 Å². The smallest absolute Gasteiger partial charge is 0.320 e. The van der Waals surface area contributed by atoms with Gasteiger partial charge in [-0.25, -0.2) is 0 Å². The zero-order valence-electron chi connectivity index (χ0n) is 6.16. The lowest BCUT2D eigenvalue weighted by Gasteiger charge is -2.12. The van der Waals surface area contributed by atoms with Crippen LogP contribution in [0.3, 0.4) is 0 Å². The number of nitrogens with two attached hydrogens (primary N) is 2. The van der Waals surface area contributed by atoms with Crippen molar-refractivity contribution in [2.24, 2.45) is 11.5 Å². The molecule has 2 atom stereocenters. The van der Waals surface area contributed by atoms with Crippen LogP contribution in [0.2, 0.25) is 0 Å². The van der Waals surface area contributed by atoms with Crippen LogP contribution in [-0.2, 0) is 4.79 Å². The van der Waals surface area contributed by atoms with E-state index in [1.807, 2.05) is 0 Å². The van der Waals surface area contributed by atoms with E-state index >= 15 is 0 Å². The van der Waals surface area contributed by atoms with Gasteiger partial charge in [-0.1, -0.05) is 22.6 Å². The highest BCUT2D eigenvalue weighted by Crippen LogP contribution is 2.00. The van der Waals surface area contributed by atoms with Gasteiger partial charge in [0.2, 0.25) is 0 Å². The largest absolute Gasteiger partial charge is 0.480 e.